The van der Waals surface area contributed by atoms with Gasteiger partial charge < -0.3 is 14.6 Å². The highest BCUT2D eigenvalue weighted by atomic mass is 16.5. The lowest BCUT2D eigenvalue weighted by Crippen LogP contribution is -2.32. The Labute approximate surface area is 153 Å². The predicted molar refractivity (Wildman–Crippen MR) is 102 cm³/mol. The van der Waals surface area contributed by atoms with E-state index in [1.807, 2.05) is 71.6 Å². The zero-order valence-electron chi connectivity index (χ0n) is 14.8. The van der Waals surface area contributed by atoms with Gasteiger partial charge in [0.15, 0.2) is 0 Å². The number of benzene rings is 2. The second-order valence-electron chi connectivity index (χ2n) is 6.80. The molecule has 26 heavy (non-hydrogen) atoms. The van der Waals surface area contributed by atoms with E-state index in [1.54, 1.807) is 7.11 Å². The van der Waals surface area contributed by atoms with Crippen molar-refractivity contribution in [3.63, 3.8) is 0 Å². The van der Waals surface area contributed by atoms with Gasteiger partial charge in [0.25, 0.3) is 5.91 Å². The highest BCUT2D eigenvalue weighted by Crippen LogP contribution is 2.50. The highest BCUT2D eigenvalue weighted by Gasteiger charge is 2.46. The Bertz CT molecular complexity index is 894. The summed E-state index contributed by atoms with van der Waals surface area (Å²) in [5.74, 6) is 0.862. The van der Waals surface area contributed by atoms with Crippen molar-refractivity contribution in [2.24, 2.45) is 0 Å². The molecule has 1 aromatic heterocycles. The van der Waals surface area contributed by atoms with Crippen LogP contribution in [0, 0.1) is 0 Å². The first-order valence-corrected chi connectivity index (χ1v) is 8.87. The molecule has 132 valence electrons. The van der Waals surface area contributed by atoms with Crippen LogP contribution >= 0.6 is 0 Å². The van der Waals surface area contributed by atoms with Crippen LogP contribution in [0.15, 0.2) is 73.1 Å². The molecule has 0 atom stereocenters. The Kier molecular flexibility index (Phi) is 4.25. The van der Waals surface area contributed by atoms with Gasteiger partial charge in [-0.1, -0.05) is 18.2 Å². The average molecular weight is 346 g/mol. The molecule has 1 N–H and O–H groups in total. The molecule has 2 aromatic carbocycles. The fourth-order valence-electron chi connectivity index (χ4n) is 3.42. The van der Waals surface area contributed by atoms with E-state index >= 15 is 0 Å². The van der Waals surface area contributed by atoms with Crippen LogP contribution in [0.2, 0.25) is 0 Å². The molecular formula is C22H22N2O2. The van der Waals surface area contributed by atoms with Gasteiger partial charge in [-0.15, -0.1) is 0 Å². The Morgan fingerprint density at radius 1 is 1.04 bits per heavy atom. The first-order valence-electron chi connectivity index (χ1n) is 8.87. The van der Waals surface area contributed by atoms with Crippen molar-refractivity contribution in [3.8, 4) is 11.4 Å². The lowest BCUT2D eigenvalue weighted by atomic mass is 9.94. The molecule has 0 saturated heterocycles. The fraction of sp³-hybridized carbons (Fsp3) is 0.227. The van der Waals surface area contributed by atoms with Crippen LogP contribution in [-0.2, 0) is 5.41 Å². The van der Waals surface area contributed by atoms with Crippen LogP contribution in [0.5, 0.6) is 5.75 Å². The number of rotatable bonds is 6. The predicted octanol–water partition coefficient (Wildman–Crippen LogP) is 3.95. The zero-order chi connectivity index (χ0) is 18.0. The maximum atomic E-state index is 12.6. The van der Waals surface area contributed by atoms with Gasteiger partial charge in [-0.05, 0) is 55.3 Å². The number of para-hydroxylation sites is 1. The second kappa shape index (κ2) is 6.71. The first-order chi connectivity index (χ1) is 12.7. The number of methoxy groups -OCH3 is 1. The number of carbonyl (C=O) groups excluding carboxylic acids is 1. The molecule has 4 rings (SSSR count). The topological polar surface area (TPSA) is 43.3 Å². The molecule has 0 bridgehead atoms. The standard InChI is InChI=1S/C22H22N2O2/c1-26-20-7-3-2-6-19(20)22(12-13-22)16-23-21(25)17-8-10-18(11-9-17)24-14-4-5-15-24/h2-11,14-15H,12-13,16H2,1H3,(H,23,25). The van der Waals surface area contributed by atoms with E-state index in [9.17, 15) is 4.79 Å². The minimum absolute atomic E-state index is 0.00729. The molecular weight excluding hydrogens is 324 g/mol. The minimum Gasteiger partial charge on any atom is -0.496 e. The lowest BCUT2D eigenvalue weighted by molar-refractivity contribution is 0.0949. The van der Waals surface area contributed by atoms with Gasteiger partial charge in [0.05, 0.1) is 7.11 Å². The van der Waals surface area contributed by atoms with E-state index in [-0.39, 0.29) is 11.3 Å². The summed E-state index contributed by atoms with van der Waals surface area (Å²) in [7, 11) is 1.69. The molecule has 0 aliphatic heterocycles. The first kappa shape index (κ1) is 16.5. The molecule has 1 fully saturated rings. The molecule has 1 saturated carbocycles. The van der Waals surface area contributed by atoms with Gasteiger partial charge in [0.2, 0.25) is 0 Å². The summed E-state index contributed by atoms with van der Waals surface area (Å²) in [4.78, 5) is 12.6. The third-order valence-electron chi connectivity index (χ3n) is 5.15. The Hall–Kier alpha value is -3.01. The summed E-state index contributed by atoms with van der Waals surface area (Å²) in [6.07, 6.45) is 6.11. The van der Waals surface area contributed by atoms with Crippen molar-refractivity contribution in [3.05, 3.63) is 84.2 Å². The summed E-state index contributed by atoms with van der Waals surface area (Å²) in [5, 5.41) is 3.10. The monoisotopic (exact) mass is 346 g/mol. The summed E-state index contributed by atoms with van der Waals surface area (Å²) < 4.78 is 7.51. The van der Waals surface area contributed by atoms with Crippen molar-refractivity contribution in [1.29, 1.82) is 0 Å². The molecule has 0 radical (unpaired) electrons. The van der Waals surface area contributed by atoms with E-state index < -0.39 is 0 Å². The van der Waals surface area contributed by atoms with Crippen molar-refractivity contribution >= 4 is 5.91 Å². The number of hydrogen-bond donors (Lipinski definition) is 1. The third kappa shape index (κ3) is 3.10. The van der Waals surface area contributed by atoms with Crippen molar-refractivity contribution in [2.75, 3.05) is 13.7 Å². The number of nitrogens with one attached hydrogen (secondary N) is 1. The molecule has 4 nitrogen and oxygen atoms in total. The minimum atomic E-state index is -0.0368. The van der Waals surface area contributed by atoms with Gasteiger partial charge in [-0.3, -0.25) is 4.79 Å². The SMILES string of the molecule is COc1ccccc1C1(CNC(=O)c2ccc(-n3cccc3)cc2)CC1. The Morgan fingerprint density at radius 2 is 1.73 bits per heavy atom. The van der Waals surface area contributed by atoms with Crippen LogP contribution in [0.1, 0.15) is 28.8 Å². The maximum absolute atomic E-state index is 12.6. The van der Waals surface area contributed by atoms with E-state index in [0.717, 1.165) is 24.3 Å². The summed E-state index contributed by atoms with van der Waals surface area (Å²) in [5.41, 5.74) is 2.91. The molecule has 0 spiro atoms. The Balaban J connectivity index is 1.44. The van der Waals surface area contributed by atoms with E-state index in [2.05, 4.69) is 11.4 Å². The molecule has 1 aliphatic rings. The highest BCUT2D eigenvalue weighted by molar-refractivity contribution is 5.94. The molecule has 0 unspecified atom stereocenters. The second-order valence-corrected chi connectivity index (χ2v) is 6.80. The Morgan fingerprint density at radius 3 is 2.38 bits per heavy atom. The van der Waals surface area contributed by atoms with Gasteiger partial charge in [-0.25, -0.2) is 0 Å². The van der Waals surface area contributed by atoms with Crippen LogP contribution in [0.4, 0.5) is 0 Å². The molecule has 4 heteroatoms. The summed E-state index contributed by atoms with van der Waals surface area (Å²) in [6, 6.07) is 19.7. The molecule has 1 amide bonds. The summed E-state index contributed by atoms with van der Waals surface area (Å²) in [6.45, 7) is 0.631. The summed E-state index contributed by atoms with van der Waals surface area (Å²) >= 11 is 0. The van der Waals surface area contributed by atoms with Gasteiger partial charge in [0.1, 0.15) is 5.75 Å². The number of ether oxygens (including phenoxy) is 1. The molecule has 1 aliphatic carbocycles. The third-order valence-corrected chi connectivity index (χ3v) is 5.15. The van der Waals surface area contributed by atoms with Gasteiger partial charge >= 0.3 is 0 Å². The molecule has 3 aromatic rings. The normalized spacial score (nSPS) is 14.7. The van der Waals surface area contributed by atoms with Crippen LogP contribution < -0.4 is 10.1 Å². The lowest BCUT2D eigenvalue weighted by Gasteiger charge is -2.19. The van der Waals surface area contributed by atoms with Crippen LogP contribution in [-0.4, -0.2) is 24.1 Å². The average Bonchev–Trinajstić information content (AvgIpc) is 3.28. The van der Waals surface area contributed by atoms with E-state index in [4.69, 9.17) is 4.74 Å². The van der Waals surface area contributed by atoms with Crippen LogP contribution in [0.25, 0.3) is 5.69 Å². The number of aromatic nitrogens is 1. The number of amides is 1. The van der Waals surface area contributed by atoms with Crippen molar-refractivity contribution in [2.45, 2.75) is 18.3 Å². The largest absolute Gasteiger partial charge is 0.496 e. The van der Waals surface area contributed by atoms with Gasteiger partial charge in [-0.2, -0.15) is 0 Å². The quantitative estimate of drug-likeness (QED) is 0.734. The number of nitrogens with zero attached hydrogens (tertiary/aromatic N) is 1. The van der Waals surface area contributed by atoms with Crippen molar-refractivity contribution < 1.29 is 9.53 Å². The number of carbonyl (C=O) groups is 1. The van der Waals surface area contributed by atoms with E-state index in [0.29, 0.717) is 12.1 Å². The zero-order valence-corrected chi connectivity index (χ0v) is 14.8. The fourth-order valence-corrected chi connectivity index (χ4v) is 3.42. The maximum Gasteiger partial charge on any atom is 0.251 e. The van der Waals surface area contributed by atoms with E-state index in [1.165, 1.54) is 5.56 Å². The smallest absolute Gasteiger partial charge is 0.251 e. The van der Waals surface area contributed by atoms with Crippen molar-refractivity contribution in [1.82, 2.24) is 9.88 Å². The van der Waals surface area contributed by atoms with Gasteiger partial charge in [0, 0.05) is 41.2 Å². The van der Waals surface area contributed by atoms with Crippen LogP contribution in [0.3, 0.4) is 0 Å². The molecule has 1 heterocycles. The number of hydrogen-bond acceptors (Lipinski definition) is 2.